The molecule has 3 aromatic carbocycles. The summed E-state index contributed by atoms with van der Waals surface area (Å²) in [5.41, 5.74) is 0.190. The average molecular weight is 427 g/mol. The lowest BCUT2D eigenvalue weighted by Gasteiger charge is -2.19. The fourth-order valence-corrected chi connectivity index (χ4v) is 4.10. The van der Waals surface area contributed by atoms with Gasteiger partial charge in [-0.25, -0.2) is 4.79 Å². The molecule has 0 spiro atoms. The number of para-hydroxylation sites is 1. The summed E-state index contributed by atoms with van der Waals surface area (Å²) < 4.78 is 11.6. The van der Waals surface area contributed by atoms with Gasteiger partial charge in [-0.2, -0.15) is 0 Å². The van der Waals surface area contributed by atoms with Crippen molar-refractivity contribution < 1.29 is 13.9 Å². The van der Waals surface area contributed by atoms with Gasteiger partial charge in [0.05, 0.1) is 21.9 Å². The van der Waals surface area contributed by atoms with Gasteiger partial charge in [-0.1, -0.05) is 42.5 Å². The summed E-state index contributed by atoms with van der Waals surface area (Å²) in [6.45, 7) is 2.53. The molecule has 2 aromatic heterocycles. The number of nitrogens with zero attached hydrogens (tertiary/aromatic N) is 1. The summed E-state index contributed by atoms with van der Waals surface area (Å²) in [4.78, 5) is 28.3. The highest BCUT2D eigenvalue weighted by Crippen LogP contribution is 2.32. The molecule has 1 N–H and O–H groups in total. The number of benzene rings is 3. The molecule has 0 aliphatic rings. The van der Waals surface area contributed by atoms with E-state index >= 15 is 0 Å². The second-order valence-corrected chi connectivity index (χ2v) is 7.78. The number of rotatable bonds is 4. The Kier molecular flexibility index (Phi) is 4.70. The molecule has 0 aliphatic carbocycles. The minimum atomic E-state index is -0.677. The van der Waals surface area contributed by atoms with Gasteiger partial charge in [0.15, 0.2) is 5.43 Å². The van der Waals surface area contributed by atoms with Gasteiger partial charge in [-0.05, 0) is 35.9 Å². The summed E-state index contributed by atoms with van der Waals surface area (Å²) >= 11 is 0. The Morgan fingerprint density at radius 1 is 0.844 bits per heavy atom. The number of fused-ring (bicyclic) bond motifs is 4. The second-order valence-electron chi connectivity index (χ2n) is 7.78. The molecule has 6 nitrogen and oxygen atoms in total. The van der Waals surface area contributed by atoms with Gasteiger partial charge in [-0.15, -0.1) is 0 Å². The Morgan fingerprint density at radius 2 is 1.56 bits per heavy atom. The van der Waals surface area contributed by atoms with Gasteiger partial charge in [0, 0.05) is 20.0 Å². The summed E-state index contributed by atoms with van der Waals surface area (Å²) in [6, 6.07) is 18.1. The molecule has 0 bridgehead atoms. The Balaban J connectivity index is 1.82. The number of aromatic hydroxyl groups is 1. The van der Waals surface area contributed by atoms with E-state index in [4.69, 9.17) is 8.83 Å². The Morgan fingerprint density at radius 3 is 2.34 bits per heavy atom. The minimum Gasteiger partial charge on any atom is -0.507 e. The third kappa shape index (κ3) is 3.03. The van der Waals surface area contributed by atoms with Crippen molar-refractivity contribution in [3.63, 3.8) is 0 Å². The summed E-state index contributed by atoms with van der Waals surface area (Å²) in [7, 11) is 1.82. The van der Waals surface area contributed by atoms with Crippen LogP contribution in [0.15, 0.2) is 79.1 Å². The van der Waals surface area contributed by atoms with E-state index < -0.39 is 5.63 Å². The molecule has 0 fully saturated rings. The zero-order valence-corrected chi connectivity index (χ0v) is 17.7. The van der Waals surface area contributed by atoms with Gasteiger partial charge in [0.2, 0.25) is 5.88 Å². The monoisotopic (exact) mass is 427 g/mol. The van der Waals surface area contributed by atoms with Crippen LogP contribution in [-0.2, 0) is 6.42 Å². The van der Waals surface area contributed by atoms with Crippen LogP contribution in [0.2, 0.25) is 0 Å². The van der Waals surface area contributed by atoms with Crippen LogP contribution in [-0.4, -0.2) is 18.7 Å². The van der Waals surface area contributed by atoms with Crippen molar-refractivity contribution in [1.29, 1.82) is 0 Å². The van der Waals surface area contributed by atoms with Gasteiger partial charge in [0.25, 0.3) is 0 Å². The Hall–Kier alpha value is -4.06. The average Bonchev–Trinajstić information content (AvgIpc) is 2.81. The molecule has 5 rings (SSSR count). The molecule has 160 valence electrons. The largest absolute Gasteiger partial charge is 0.507 e. The first-order valence-corrected chi connectivity index (χ1v) is 10.4. The molecule has 0 radical (unpaired) electrons. The maximum absolute atomic E-state index is 13.8. The molecule has 0 saturated heterocycles. The highest BCUT2D eigenvalue weighted by atomic mass is 16.4. The van der Waals surface area contributed by atoms with E-state index in [9.17, 15) is 14.7 Å². The molecule has 2 heterocycles. The van der Waals surface area contributed by atoms with E-state index in [1.54, 1.807) is 30.3 Å². The van der Waals surface area contributed by atoms with Gasteiger partial charge >= 0.3 is 5.63 Å². The maximum Gasteiger partial charge on any atom is 0.343 e. The molecule has 32 heavy (non-hydrogen) atoms. The normalized spacial score (nSPS) is 11.4. The lowest BCUT2D eigenvalue weighted by atomic mass is 10.00. The van der Waals surface area contributed by atoms with Crippen LogP contribution in [0.3, 0.4) is 0 Å². The molecule has 0 amide bonds. The molecule has 5 aromatic rings. The molecule has 6 heteroatoms. The van der Waals surface area contributed by atoms with Crippen LogP contribution in [0.1, 0.15) is 18.1 Å². The number of anilines is 1. The summed E-state index contributed by atoms with van der Waals surface area (Å²) in [6.07, 6.45) is -0.111. The van der Waals surface area contributed by atoms with E-state index in [0.717, 1.165) is 10.8 Å². The van der Waals surface area contributed by atoms with E-state index in [1.165, 1.54) is 0 Å². The van der Waals surface area contributed by atoms with Crippen LogP contribution in [0.5, 0.6) is 5.75 Å². The van der Waals surface area contributed by atoms with Crippen LogP contribution in [0.4, 0.5) is 5.88 Å². The topological polar surface area (TPSA) is 83.9 Å². The first-order valence-electron chi connectivity index (χ1n) is 10.4. The fourth-order valence-electron chi connectivity index (χ4n) is 4.10. The van der Waals surface area contributed by atoms with Gasteiger partial charge in [0.1, 0.15) is 16.9 Å². The number of hydrogen-bond donors (Lipinski definition) is 1. The quantitative estimate of drug-likeness (QED) is 0.327. The van der Waals surface area contributed by atoms with Crippen molar-refractivity contribution in [2.75, 3.05) is 18.5 Å². The SMILES string of the molecule is CCN(C)c1oc2ccc3ccccc3c2c(=O)c1Cc1c(O)c2ccccc2oc1=O. The first kappa shape index (κ1) is 19.9. The summed E-state index contributed by atoms with van der Waals surface area (Å²) in [5.74, 6) is 0.187. The van der Waals surface area contributed by atoms with E-state index in [1.807, 2.05) is 49.2 Å². The summed E-state index contributed by atoms with van der Waals surface area (Å²) in [5, 5.41) is 13.4. The van der Waals surface area contributed by atoms with Gasteiger partial charge < -0.3 is 18.8 Å². The lowest BCUT2D eigenvalue weighted by Crippen LogP contribution is -2.23. The standard InChI is InChI=1S/C26H21NO5/c1-3-27(2)25-18(14-19-23(28)17-10-6-7-11-20(17)32-26(19)30)24(29)22-16-9-5-4-8-15(16)12-13-21(22)31-25/h4-13,28H,3,14H2,1-2H3. The number of hydrogen-bond acceptors (Lipinski definition) is 6. The van der Waals surface area contributed by atoms with Crippen LogP contribution >= 0.6 is 0 Å². The Bertz CT molecular complexity index is 1610. The molecular formula is C26H21NO5. The van der Waals surface area contributed by atoms with Gasteiger partial charge in [-0.3, -0.25) is 4.79 Å². The zero-order valence-electron chi connectivity index (χ0n) is 17.7. The highest BCUT2D eigenvalue weighted by Gasteiger charge is 2.23. The van der Waals surface area contributed by atoms with E-state index in [-0.39, 0.29) is 23.2 Å². The van der Waals surface area contributed by atoms with Crippen LogP contribution in [0, 0.1) is 0 Å². The molecular weight excluding hydrogens is 406 g/mol. The van der Waals surface area contributed by atoms with Crippen molar-refractivity contribution in [3.05, 3.63) is 92.4 Å². The maximum atomic E-state index is 13.8. The van der Waals surface area contributed by atoms with E-state index in [2.05, 4.69) is 0 Å². The van der Waals surface area contributed by atoms with Crippen molar-refractivity contribution in [2.45, 2.75) is 13.3 Å². The van der Waals surface area contributed by atoms with E-state index in [0.29, 0.717) is 39.9 Å². The smallest absolute Gasteiger partial charge is 0.343 e. The first-order chi connectivity index (χ1) is 15.5. The molecule has 0 atom stereocenters. The molecule has 0 aliphatic heterocycles. The third-order valence-corrected chi connectivity index (χ3v) is 5.91. The highest BCUT2D eigenvalue weighted by molar-refractivity contribution is 6.05. The third-order valence-electron chi connectivity index (χ3n) is 5.91. The second kappa shape index (κ2) is 7.57. The molecule has 0 unspecified atom stereocenters. The van der Waals surface area contributed by atoms with Crippen molar-refractivity contribution in [3.8, 4) is 5.75 Å². The minimum absolute atomic E-state index is 0.0290. The van der Waals surface area contributed by atoms with Crippen LogP contribution < -0.4 is 16.0 Å². The Labute approximate surface area is 182 Å². The van der Waals surface area contributed by atoms with Crippen molar-refractivity contribution >= 4 is 38.6 Å². The predicted molar refractivity (Wildman–Crippen MR) is 126 cm³/mol. The van der Waals surface area contributed by atoms with Crippen molar-refractivity contribution in [2.24, 2.45) is 0 Å². The predicted octanol–water partition coefficient (Wildman–Crippen LogP) is 4.81. The lowest BCUT2D eigenvalue weighted by molar-refractivity contribution is 0.458. The van der Waals surface area contributed by atoms with Crippen LogP contribution in [0.25, 0.3) is 32.7 Å². The fraction of sp³-hybridized carbons (Fsp3) is 0.154. The molecule has 0 saturated carbocycles. The van der Waals surface area contributed by atoms with Crippen molar-refractivity contribution in [1.82, 2.24) is 0 Å². The zero-order chi connectivity index (χ0) is 22.4.